The van der Waals surface area contributed by atoms with Gasteiger partial charge in [0.05, 0.1) is 20.3 Å². The van der Waals surface area contributed by atoms with Crippen LogP contribution < -0.4 is 15.0 Å². The van der Waals surface area contributed by atoms with Gasteiger partial charge >= 0.3 is 0 Å². The van der Waals surface area contributed by atoms with Gasteiger partial charge in [-0.05, 0) is 12.1 Å². The number of rotatable bonds is 3. The van der Waals surface area contributed by atoms with E-state index < -0.39 is 0 Å². The van der Waals surface area contributed by atoms with Gasteiger partial charge in [0.1, 0.15) is 0 Å². The molecule has 0 saturated heterocycles. The highest BCUT2D eigenvalue weighted by Crippen LogP contribution is 2.40. The second-order valence-corrected chi connectivity index (χ2v) is 3.48. The molecule has 1 aromatic rings. The quantitative estimate of drug-likeness (QED) is 0.757. The van der Waals surface area contributed by atoms with Crippen molar-refractivity contribution in [3.05, 3.63) is 17.7 Å². The monoisotopic (exact) mass is 225 g/mol. The van der Waals surface area contributed by atoms with Crippen molar-refractivity contribution in [1.29, 1.82) is 0 Å². The average Bonchev–Trinajstić information content (AvgIpc) is 2.54. The van der Waals surface area contributed by atoms with Gasteiger partial charge in [0.15, 0.2) is 11.5 Å². The first-order chi connectivity index (χ1) is 7.83. The Kier molecular flexibility index (Phi) is 3.48. The van der Waals surface area contributed by atoms with Gasteiger partial charge < -0.3 is 19.4 Å². The first-order valence-electron chi connectivity index (χ1n) is 5.19. The van der Waals surface area contributed by atoms with Crippen LogP contribution in [0.3, 0.4) is 0 Å². The molecule has 0 radical (unpaired) electrons. The molecule has 1 aromatic carbocycles. The summed E-state index contributed by atoms with van der Waals surface area (Å²) in [6.45, 7) is 1.59. The number of ether oxygens (including phenoxy) is 2. The lowest BCUT2D eigenvalue weighted by Gasteiger charge is -2.12. The van der Waals surface area contributed by atoms with Crippen molar-refractivity contribution < 1.29 is 19.4 Å². The van der Waals surface area contributed by atoms with Crippen molar-refractivity contribution in [3.8, 4) is 17.2 Å². The molecule has 0 spiro atoms. The maximum atomic E-state index is 9.99. The lowest BCUT2D eigenvalue weighted by molar-refractivity contribution is 0.0860. The van der Waals surface area contributed by atoms with E-state index in [9.17, 15) is 5.11 Å². The molecule has 1 heterocycles. The zero-order valence-corrected chi connectivity index (χ0v) is 9.16. The minimum atomic E-state index is 0.115. The molecule has 0 fully saturated rings. The molecule has 16 heavy (non-hydrogen) atoms. The number of fused-ring (bicyclic) bond motifs is 1. The number of phenolic OH excluding ortho intramolecular Hbond substituents is 1. The van der Waals surface area contributed by atoms with E-state index in [2.05, 4.69) is 5.48 Å². The van der Waals surface area contributed by atoms with Gasteiger partial charge in [0.2, 0.25) is 5.75 Å². The van der Waals surface area contributed by atoms with E-state index in [0.717, 1.165) is 6.42 Å². The molecule has 2 N–H and O–H groups in total. The summed E-state index contributed by atoms with van der Waals surface area (Å²) in [5.74, 6) is 1.13. The summed E-state index contributed by atoms with van der Waals surface area (Å²) >= 11 is 0. The minimum Gasteiger partial charge on any atom is -0.504 e. The fraction of sp³-hybridized carbons (Fsp3) is 0.455. The van der Waals surface area contributed by atoms with Crippen molar-refractivity contribution in [1.82, 2.24) is 5.48 Å². The summed E-state index contributed by atoms with van der Waals surface area (Å²) in [5, 5.41) is 9.99. The van der Waals surface area contributed by atoms with Crippen LogP contribution in [0, 0.1) is 0 Å². The Morgan fingerprint density at radius 1 is 1.38 bits per heavy atom. The van der Waals surface area contributed by atoms with E-state index in [1.807, 2.05) is 0 Å². The molecule has 1 aliphatic heterocycles. The third kappa shape index (κ3) is 2.20. The van der Waals surface area contributed by atoms with E-state index in [-0.39, 0.29) is 5.75 Å². The zero-order chi connectivity index (χ0) is 11.4. The normalized spacial score (nSPS) is 14.6. The van der Waals surface area contributed by atoms with Gasteiger partial charge in [0, 0.05) is 18.5 Å². The van der Waals surface area contributed by atoms with Crippen LogP contribution in [0.4, 0.5) is 0 Å². The molecule has 0 aromatic heterocycles. The van der Waals surface area contributed by atoms with Crippen LogP contribution in [0.2, 0.25) is 0 Å². The fourth-order valence-electron chi connectivity index (χ4n) is 1.55. The molecule has 0 unspecified atom stereocenters. The maximum absolute atomic E-state index is 9.99. The van der Waals surface area contributed by atoms with Crippen molar-refractivity contribution in [2.75, 3.05) is 20.3 Å². The summed E-state index contributed by atoms with van der Waals surface area (Å²) in [4.78, 5) is 4.74. The number of hydrogen-bond acceptors (Lipinski definition) is 5. The molecule has 0 bridgehead atoms. The van der Waals surface area contributed by atoms with Gasteiger partial charge in [0.25, 0.3) is 0 Å². The summed E-state index contributed by atoms with van der Waals surface area (Å²) in [7, 11) is 1.53. The van der Waals surface area contributed by atoms with Crippen molar-refractivity contribution in [2.45, 2.75) is 13.0 Å². The van der Waals surface area contributed by atoms with Crippen LogP contribution in [0.5, 0.6) is 17.2 Å². The van der Waals surface area contributed by atoms with E-state index >= 15 is 0 Å². The average molecular weight is 225 g/mol. The third-order valence-corrected chi connectivity index (χ3v) is 2.38. The van der Waals surface area contributed by atoms with Gasteiger partial charge in [-0.15, -0.1) is 0 Å². The van der Waals surface area contributed by atoms with E-state index in [1.54, 1.807) is 12.1 Å². The summed E-state index contributed by atoms with van der Waals surface area (Å²) in [5.41, 5.74) is 3.39. The molecule has 5 nitrogen and oxygen atoms in total. The maximum Gasteiger partial charge on any atom is 0.203 e. The first kappa shape index (κ1) is 11.0. The largest absolute Gasteiger partial charge is 0.504 e. The fourth-order valence-corrected chi connectivity index (χ4v) is 1.55. The SMILES string of the molecule is CONCc1ccc2c(c1O)OCCCO2. The lowest BCUT2D eigenvalue weighted by atomic mass is 10.1. The smallest absolute Gasteiger partial charge is 0.203 e. The number of nitrogens with one attached hydrogen (secondary N) is 1. The molecular formula is C11H15NO4. The van der Waals surface area contributed by atoms with Gasteiger partial charge in [-0.1, -0.05) is 0 Å². The van der Waals surface area contributed by atoms with E-state index in [0.29, 0.717) is 36.8 Å². The van der Waals surface area contributed by atoms with Crippen LogP contribution in [-0.2, 0) is 11.4 Å². The van der Waals surface area contributed by atoms with Crippen molar-refractivity contribution >= 4 is 0 Å². The van der Waals surface area contributed by atoms with Crippen LogP contribution in [0.1, 0.15) is 12.0 Å². The topological polar surface area (TPSA) is 60.0 Å². The number of benzene rings is 1. The molecule has 2 rings (SSSR count). The van der Waals surface area contributed by atoms with Crippen LogP contribution in [0.25, 0.3) is 0 Å². The number of hydroxylamine groups is 1. The molecule has 0 atom stereocenters. The van der Waals surface area contributed by atoms with Crippen molar-refractivity contribution in [3.63, 3.8) is 0 Å². The second-order valence-electron chi connectivity index (χ2n) is 3.48. The Hall–Kier alpha value is -1.46. The lowest BCUT2D eigenvalue weighted by Crippen LogP contribution is -2.11. The molecule has 5 heteroatoms. The highest BCUT2D eigenvalue weighted by atomic mass is 16.6. The Morgan fingerprint density at radius 3 is 3.00 bits per heavy atom. The van der Waals surface area contributed by atoms with E-state index in [1.165, 1.54) is 7.11 Å². The molecular weight excluding hydrogens is 210 g/mol. The number of phenols is 1. The highest BCUT2D eigenvalue weighted by Gasteiger charge is 2.17. The van der Waals surface area contributed by atoms with Gasteiger partial charge in [-0.25, -0.2) is 0 Å². The molecule has 1 aliphatic rings. The second kappa shape index (κ2) is 5.05. The summed E-state index contributed by atoms with van der Waals surface area (Å²) in [6.07, 6.45) is 0.819. The molecule has 0 aliphatic carbocycles. The molecule has 0 saturated carbocycles. The third-order valence-electron chi connectivity index (χ3n) is 2.38. The van der Waals surface area contributed by atoms with E-state index in [4.69, 9.17) is 14.3 Å². The first-order valence-corrected chi connectivity index (χ1v) is 5.19. The van der Waals surface area contributed by atoms with Crippen molar-refractivity contribution in [2.24, 2.45) is 0 Å². The number of aromatic hydroxyl groups is 1. The summed E-state index contributed by atoms with van der Waals surface area (Å²) < 4.78 is 10.9. The summed E-state index contributed by atoms with van der Waals surface area (Å²) in [6, 6.07) is 3.59. The van der Waals surface area contributed by atoms with Gasteiger partial charge in [-0.3, -0.25) is 0 Å². The Labute approximate surface area is 93.9 Å². The van der Waals surface area contributed by atoms with Crippen LogP contribution in [0.15, 0.2) is 12.1 Å². The Bertz CT molecular complexity index is 367. The standard InChI is InChI=1S/C11H15NO4/c1-14-12-7-8-3-4-9-11(10(8)13)16-6-2-5-15-9/h3-4,12-13H,2,5-7H2,1H3. The zero-order valence-electron chi connectivity index (χ0n) is 9.16. The van der Waals surface area contributed by atoms with Crippen LogP contribution >= 0.6 is 0 Å². The number of hydrogen-bond donors (Lipinski definition) is 2. The predicted octanol–water partition coefficient (Wildman–Crippen LogP) is 1.20. The molecule has 88 valence electrons. The predicted molar refractivity (Wildman–Crippen MR) is 57.6 cm³/mol. The minimum absolute atomic E-state index is 0.115. The molecule has 0 amide bonds. The highest BCUT2D eigenvalue weighted by molar-refractivity contribution is 5.55. The Morgan fingerprint density at radius 2 is 2.19 bits per heavy atom. The van der Waals surface area contributed by atoms with Gasteiger partial charge in [-0.2, -0.15) is 5.48 Å². The van der Waals surface area contributed by atoms with Crippen LogP contribution in [-0.4, -0.2) is 25.4 Å². The Balaban J connectivity index is 2.26.